The molecule has 352 valence electrons. The molecule has 0 saturated carbocycles. The molecule has 0 bridgehead atoms. The maximum Gasteiger partial charge on any atom is 0.305 e. The Labute approximate surface area is 402 Å². The van der Waals surface area contributed by atoms with Gasteiger partial charge in [0.25, 0.3) is 5.69 Å². The van der Waals surface area contributed by atoms with Crippen LogP contribution in [0.1, 0.15) is 0 Å². The molecule has 0 spiro atoms. The number of hydrogen-bond acceptors (Lipinski definition) is 15. The van der Waals surface area contributed by atoms with E-state index in [-0.39, 0.29) is 11.6 Å². The van der Waals surface area contributed by atoms with Crippen LogP contribution in [0, 0.1) is 26.0 Å². The third-order valence-electron chi connectivity index (χ3n) is 10.8. The van der Waals surface area contributed by atoms with Gasteiger partial charge in [0.15, 0.2) is 16.7 Å². The van der Waals surface area contributed by atoms with Gasteiger partial charge in [0.05, 0.1) is 46.8 Å². The van der Waals surface area contributed by atoms with Gasteiger partial charge in [0.1, 0.15) is 33.7 Å². The molecule has 0 aliphatic heterocycles. The summed E-state index contributed by atoms with van der Waals surface area (Å²) in [6.07, 6.45) is 0. The average Bonchev–Trinajstić information content (AvgIpc) is 4.15. The van der Waals surface area contributed by atoms with Crippen molar-refractivity contribution in [1.82, 2.24) is 15.0 Å². The van der Waals surface area contributed by atoms with Crippen molar-refractivity contribution in [3.05, 3.63) is 202 Å². The van der Waals surface area contributed by atoms with Gasteiger partial charge in [0, 0.05) is 28.8 Å². The van der Waals surface area contributed by atoms with E-state index >= 15 is 0 Å². The Morgan fingerprint density at radius 3 is 1.30 bits per heavy atom. The first kappa shape index (κ1) is 46.0. The molecular formula is C53H39FN8O9. The van der Waals surface area contributed by atoms with Crippen LogP contribution in [0.5, 0.6) is 11.5 Å². The van der Waals surface area contributed by atoms with Crippen LogP contribution in [-0.2, 0) is 0 Å². The number of nitrogen functional groups attached to an aromatic ring is 1. The zero-order valence-corrected chi connectivity index (χ0v) is 37.6. The lowest BCUT2D eigenvalue weighted by Gasteiger charge is -2.13. The monoisotopic (exact) mass is 950 g/mol. The second kappa shape index (κ2) is 20.4. The lowest BCUT2D eigenvalue weighted by molar-refractivity contribution is -0.387. The fourth-order valence-corrected chi connectivity index (χ4v) is 7.29. The standard InChI is InChI=1S/C20H15N3O4.C20H17N3O2.C13H7FN2O3/c1-26-18-8-4-2-6-15(18)21-14-11-10-13(12-17(14)23(24)25)20-22-16-7-3-5-9-19(16)27-20;1-24-18-8-4-2-6-16(18)22-15-11-10-13(12-14(15)21)20-23-17-7-3-5-9-19(17)25-20;14-9-6-5-8(7-11(9)16(17)18)13-15-10-3-1-2-4-12(10)19-13/h2-12,21H,1H3;2-12,22H,21H2,1H3;1-7H. The molecule has 17 nitrogen and oxygen atoms in total. The highest BCUT2D eigenvalue weighted by molar-refractivity contribution is 5.83. The summed E-state index contributed by atoms with van der Waals surface area (Å²) in [7, 11) is 3.19. The van der Waals surface area contributed by atoms with Gasteiger partial charge in [-0.1, -0.05) is 60.7 Å². The molecule has 3 aromatic heterocycles. The molecule has 0 unspecified atom stereocenters. The van der Waals surface area contributed by atoms with E-state index in [0.717, 1.165) is 45.9 Å². The number of methoxy groups -OCH3 is 2. The van der Waals surface area contributed by atoms with Crippen LogP contribution in [0.2, 0.25) is 0 Å². The van der Waals surface area contributed by atoms with E-state index in [1.54, 1.807) is 62.8 Å². The zero-order chi connectivity index (χ0) is 49.4. The molecule has 0 fully saturated rings. The largest absolute Gasteiger partial charge is 0.495 e. The summed E-state index contributed by atoms with van der Waals surface area (Å²) in [5.74, 6) is 1.58. The predicted molar refractivity (Wildman–Crippen MR) is 269 cm³/mol. The number of nitro groups is 2. The number of nitrogens with two attached hydrogens (primary N) is 1. The van der Waals surface area contributed by atoms with Crippen molar-refractivity contribution in [3.8, 4) is 45.9 Å². The molecular weight excluding hydrogens is 912 g/mol. The zero-order valence-electron chi connectivity index (χ0n) is 37.6. The maximum atomic E-state index is 13.2. The Kier molecular flexibility index (Phi) is 13.2. The van der Waals surface area contributed by atoms with Crippen LogP contribution in [0.3, 0.4) is 0 Å². The number of ether oxygens (including phenoxy) is 2. The van der Waals surface area contributed by atoms with Crippen molar-refractivity contribution < 1.29 is 37.0 Å². The molecule has 11 aromatic rings. The summed E-state index contributed by atoms with van der Waals surface area (Å²) >= 11 is 0. The number of halogens is 1. The van der Waals surface area contributed by atoms with Crippen LogP contribution in [0.4, 0.5) is 44.2 Å². The number of nitrogens with one attached hydrogen (secondary N) is 2. The van der Waals surface area contributed by atoms with Crippen molar-refractivity contribution in [2.75, 3.05) is 30.6 Å². The number of aromatic nitrogens is 3. The number of nitro benzene ring substituents is 2. The van der Waals surface area contributed by atoms with Gasteiger partial charge < -0.3 is 39.1 Å². The molecule has 4 N–H and O–H groups in total. The van der Waals surface area contributed by atoms with E-state index in [9.17, 15) is 24.6 Å². The van der Waals surface area contributed by atoms with Crippen LogP contribution in [-0.4, -0.2) is 39.0 Å². The molecule has 0 atom stereocenters. The lowest BCUT2D eigenvalue weighted by Crippen LogP contribution is -1.99. The fourth-order valence-electron chi connectivity index (χ4n) is 7.29. The van der Waals surface area contributed by atoms with Gasteiger partial charge >= 0.3 is 5.69 Å². The van der Waals surface area contributed by atoms with Crippen LogP contribution in [0.25, 0.3) is 67.7 Å². The first-order valence-electron chi connectivity index (χ1n) is 21.5. The molecule has 18 heteroatoms. The minimum absolute atomic E-state index is 0.0827. The van der Waals surface area contributed by atoms with Gasteiger partial charge in [-0.05, 0) is 103 Å². The normalized spacial score (nSPS) is 10.7. The SMILES string of the molecule is COc1ccccc1Nc1ccc(-c2nc3ccccc3o2)cc1N.COc1ccccc1Nc1ccc(-c2nc3ccccc3o2)cc1[N+](=O)[O-].O=[N+]([O-])c1cc(-c2nc3ccccc3o2)ccc1F. The minimum Gasteiger partial charge on any atom is -0.495 e. The molecule has 0 amide bonds. The number of hydrogen-bond donors (Lipinski definition) is 3. The first-order chi connectivity index (χ1) is 34.5. The summed E-state index contributed by atoms with van der Waals surface area (Å²) in [4.78, 5) is 34.2. The fraction of sp³-hybridized carbons (Fsp3) is 0.0377. The van der Waals surface area contributed by atoms with Gasteiger partial charge in [-0.3, -0.25) is 20.2 Å². The third kappa shape index (κ3) is 10.3. The molecule has 3 heterocycles. The number of benzene rings is 8. The van der Waals surface area contributed by atoms with E-state index in [1.807, 2.05) is 103 Å². The number of para-hydroxylation sites is 10. The van der Waals surface area contributed by atoms with Crippen molar-refractivity contribution >= 4 is 73.1 Å². The Hall–Kier alpha value is -10.1. The Bertz CT molecular complexity index is 3620. The first-order valence-corrected chi connectivity index (χ1v) is 21.5. The number of rotatable bonds is 11. The molecule has 8 aromatic carbocycles. The Morgan fingerprint density at radius 2 is 0.859 bits per heavy atom. The maximum absolute atomic E-state index is 13.2. The van der Waals surface area contributed by atoms with Crippen molar-refractivity contribution in [2.24, 2.45) is 0 Å². The number of anilines is 5. The highest BCUT2D eigenvalue weighted by Gasteiger charge is 2.20. The van der Waals surface area contributed by atoms with Crippen LogP contribution >= 0.6 is 0 Å². The average molecular weight is 951 g/mol. The van der Waals surface area contributed by atoms with Crippen LogP contribution < -0.4 is 25.8 Å². The number of fused-ring (bicyclic) bond motifs is 3. The third-order valence-corrected chi connectivity index (χ3v) is 10.8. The highest BCUT2D eigenvalue weighted by Crippen LogP contribution is 2.37. The number of nitrogens with zero attached hydrogens (tertiary/aromatic N) is 5. The topological polar surface area (TPSA) is 233 Å². The van der Waals surface area contributed by atoms with Crippen molar-refractivity contribution in [1.29, 1.82) is 0 Å². The Morgan fingerprint density at radius 1 is 0.479 bits per heavy atom. The quantitative estimate of drug-likeness (QED) is 0.0621. The van der Waals surface area contributed by atoms with E-state index in [4.69, 9.17) is 28.5 Å². The van der Waals surface area contributed by atoms with E-state index in [2.05, 4.69) is 25.6 Å². The lowest BCUT2D eigenvalue weighted by atomic mass is 10.1. The van der Waals surface area contributed by atoms with E-state index in [0.29, 0.717) is 67.9 Å². The van der Waals surface area contributed by atoms with Crippen LogP contribution in [0.15, 0.2) is 189 Å². The molecule has 71 heavy (non-hydrogen) atoms. The molecule has 0 aliphatic carbocycles. The van der Waals surface area contributed by atoms with Crippen molar-refractivity contribution in [2.45, 2.75) is 0 Å². The second-order valence-corrected chi connectivity index (χ2v) is 15.3. The Balaban J connectivity index is 0.000000134. The smallest absolute Gasteiger partial charge is 0.305 e. The molecule has 0 radical (unpaired) electrons. The molecule has 11 rings (SSSR count). The molecule has 0 aliphatic rings. The second-order valence-electron chi connectivity index (χ2n) is 15.3. The van der Waals surface area contributed by atoms with Gasteiger partial charge in [-0.25, -0.2) is 15.0 Å². The van der Waals surface area contributed by atoms with Gasteiger partial charge in [-0.2, -0.15) is 4.39 Å². The summed E-state index contributed by atoms with van der Waals surface area (Å²) < 4.78 is 40.9. The highest BCUT2D eigenvalue weighted by atomic mass is 19.1. The van der Waals surface area contributed by atoms with Crippen molar-refractivity contribution in [3.63, 3.8) is 0 Å². The van der Waals surface area contributed by atoms with E-state index in [1.165, 1.54) is 12.1 Å². The number of oxazole rings is 3. The summed E-state index contributed by atoms with van der Waals surface area (Å²) in [6.45, 7) is 0. The minimum atomic E-state index is -0.884. The van der Waals surface area contributed by atoms with E-state index < -0.39 is 21.4 Å². The molecule has 0 saturated heterocycles. The predicted octanol–water partition coefficient (Wildman–Crippen LogP) is 13.5. The summed E-state index contributed by atoms with van der Waals surface area (Å²) in [6, 6.07) is 51.1. The van der Waals surface area contributed by atoms with Gasteiger partial charge in [-0.15, -0.1) is 0 Å². The summed E-state index contributed by atoms with van der Waals surface area (Å²) in [5.41, 5.74) is 14.6. The summed E-state index contributed by atoms with van der Waals surface area (Å²) in [5, 5.41) is 28.7. The van der Waals surface area contributed by atoms with Gasteiger partial charge in [0.2, 0.25) is 23.5 Å².